The molecule has 3 aromatic rings. The van der Waals surface area contributed by atoms with Gasteiger partial charge in [0.15, 0.2) is 5.11 Å². The summed E-state index contributed by atoms with van der Waals surface area (Å²) in [7, 11) is 0. The molecule has 8 heteroatoms. The van der Waals surface area contributed by atoms with E-state index >= 15 is 0 Å². The fourth-order valence-electron chi connectivity index (χ4n) is 3.03. The van der Waals surface area contributed by atoms with Crippen LogP contribution in [0.15, 0.2) is 54.1 Å². The van der Waals surface area contributed by atoms with Crippen LogP contribution in [0.25, 0.3) is 17.0 Å². The number of carbonyl (C=O) groups is 2. The molecule has 1 fully saturated rings. The number of halogens is 2. The fourth-order valence-corrected chi connectivity index (χ4v) is 3.63. The van der Waals surface area contributed by atoms with Gasteiger partial charge in [0.05, 0.1) is 11.2 Å². The Kier molecular flexibility index (Phi) is 5.08. The molecule has 1 aliphatic rings. The molecule has 1 aliphatic heterocycles. The maximum Gasteiger partial charge on any atom is 0.270 e. The topological polar surface area (TPSA) is 62.3 Å². The summed E-state index contributed by atoms with van der Waals surface area (Å²) in [5, 5.41) is 4.11. The predicted octanol–water partition coefficient (Wildman–Crippen LogP) is 4.68. The second-order valence-corrected chi connectivity index (χ2v) is 7.68. The van der Waals surface area contributed by atoms with Gasteiger partial charge in [0, 0.05) is 16.0 Å². The second kappa shape index (κ2) is 7.55. The number of carbonyl (C=O) groups excluding carboxylic acids is 2. The van der Waals surface area contributed by atoms with Crippen molar-refractivity contribution in [2.24, 2.45) is 0 Å². The molecule has 2 heterocycles. The molecule has 0 unspecified atom stereocenters. The molecule has 0 atom stereocenters. The monoisotopic (exact) mass is 441 g/mol. The van der Waals surface area contributed by atoms with Gasteiger partial charge in [0.2, 0.25) is 0 Å². The van der Waals surface area contributed by atoms with Crippen molar-refractivity contribution in [3.63, 3.8) is 0 Å². The SMILES string of the molecule is Cc1ccc2nc(Cl)c(/C=C3\C(=O)NC(=S)N(c4ccc(Cl)cc4)C3=O)cc2c1. The van der Waals surface area contributed by atoms with Gasteiger partial charge in [-0.05, 0) is 67.7 Å². The number of rotatable bonds is 2. The van der Waals surface area contributed by atoms with Crippen LogP contribution in [-0.4, -0.2) is 21.9 Å². The van der Waals surface area contributed by atoms with Crippen molar-refractivity contribution in [1.82, 2.24) is 10.3 Å². The highest BCUT2D eigenvalue weighted by Gasteiger charge is 2.34. The zero-order valence-corrected chi connectivity index (χ0v) is 17.4. The molecule has 1 saturated heterocycles. The van der Waals surface area contributed by atoms with Gasteiger partial charge in [0.1, 0.15) is 10.7 Å². The van der Waals surface area contributed by atoms with Crippen LogP contribution in [-0.2, 0) is 9.59 Å². The molecule has 1 N–H and O–H groups in total. The zero-order valence-electron chi connectivity index (χ0n) is 15.1. The van der Waals surface area contributed by atoms with Crippen LogP contribution in [0.5, 0.6) is 0 Å². The van der Waals surface area contributed by atoms with Crippen LogP contribution < -0.4 is 10.2 Å². The third-order valence-electron chi connectivity index (χ3n) is 4.44. The van der Waals surface area contributed by atoms with E-state index in [1.165, 1.54) is 11.0 Å². The normalized spacial score (nSPS) is 15.9. The number of hydrogen-bond acceptors (Lipinski definition) is 4. The smallest absolute Gasteiger partial charge is 0.270 e. The number of benzene rings is 2. The number of nitrogens with zero attached hydrogens (tertiary/aromatic N) is 2. The minimum Gasteiger partial charge on any atom is -0.298 e. The van der Waals surface area contributed by atoms with Crippen LogP contribution in [0.1, 0.15) is 11.1 Å². The molecule has 0 radical (unpaired) electrons. The lowest BCUT2D eigenvalue weighted by molar-refractivity contribution is -0.122. The Hall–Kier alpha value is -2.80. The number of aromatic nitrogens is 1. The van der Waals surface area contributed by atoms with Crippen molar-refractivity contribution in [3.8, 4) is 0 Å². The Labute approximate surface area is 181 Å². The number of pyridine rings is 1. The van der Waals surface area contributed by atoms with Gasteiger partial charge in [-0.25, -0.2) is 4.98 Å². The van der Waals surface area contributed by atoms with Crippen LogP contribution in [0.2, 0.25) is 10.2 Å². The van der Waals surface area contributed by atoms with Crippen molar-refractivity contribution in [3.05, 3.63) is 75.4 Å². The molecule has 144 valence electrons. The molecule has 29 heavy (non-hydrogen) atoms. The Morgan fingerprint density at radius 2 is 1.79 bits per heavy atom. The Morgan fingerprint density at radius 3 is 2.52 bits per heavy atom. The van der Waals surface area contributed by atoms with Crippen LogP contribution in [0.3, 0.4) is 0 Å². The van der Waals surface area contributed by atoms with Crippen LogP contribution >= 0.6 is 35.4 Å². The number of aryl methyl sites for hydroxylation is 1. The maximum absolute atomic E-state index is 13.1. The van der Waals surface area contributed by atoms with Crippen LogP contribution in [0, 0.1) is 6.92 Å². The minimum absolute atomic E-state index is 0.00201. The van der Waals surface area contributed by atoms with Crippen molar-refractivity contribution < 1.29 is 9.59 Å². The summed E-state index contributed by atoms with van der Waals surface area (Å²) >= 11 is 17.4. The third kappa shape index (κ3) is 3.74. The number of fused-ring (bicyclic) bond motifs is 1. The number of thiocarbonyl (C=S) groups is 1. The molecule has 1 aromatic heterocycles. The number of hydrogen-bond donors (Lipinski definition) is 1. The molecular formula is C21H13Cl2N3O2S. The standard InChI is InChI=1S/C21H13Cl2N3O2S/c1-11-2-7-17-12(8-11)9-13(18(23)24-17)10-16-19(27)25-21(29)26(20(16)28)15-5-3-14(22)4-6-15/h2-10H,1H3,(H,25,27,29)/b16-10+. The highest BCUT2D eigenvalue weighted by atomic mass is 35.5. The lowest BCUT2D eigenvalue weighted by atomic mass is 10.1. The highest BCUT2D eigenvalue weighted by Crippen LogP contribution is 2.27. The Bertz CT molecular complexity index is 1220. The first-order valence-electron chi connectivity index (χ1n) is 8.57. The average Bonchev–Trinajstić information content (AvgIpc) is 2.67. The Balaban J connectivity index is 1.79. The first kappa shape index (κ1) is 19.5. The maximum atomic E-state index is 13.1. The molecule has 2 aromatic carbocycles. The first-order chi connectivity index (χ1) is 13.8. The van der Waals surface area contributed by atoms with E-state index in [-0.39, 0.29) is 15.8 Å². The largest absolute Gasteiger partial charge is 0.298 e. The summed E-state index contributed by atoms with van der Waals surface area (Å²) in [5.41, 5.74) is 2.65. The molecule has 0 bridgehead atoms. The molecule has 5 nitrogen and oxygen atoms in total. The summed E-state index contributed by atoms with van der Waals surface area (Å²) in [6.45, 7) is 1.97. The van der Waals surface area contributed by atoms with E-state index in [0.29, 0.717) is 16.3 Å². The molecule has 0 saturated carbocycles. The summed E-state index contributed by atoms with van der Waals surface area (Å²) in [4.78, 5) is 31.2. The van der Waals surface area contributed by atoms with Crippen LogP contribution in [0.4, 0.5) is 5.69 Å². The van der Waals surface area contributed by atoms with Crippen molar-refractivity contribution in [1.29, 1.82) is 0 Å². The van der Waals surface area contributed by atoms with Crippen molar-refractivity contribution >= 4 is 75.0 Å². The summed E-state index contributed by atoms with van der Waals surface area (Å²) in [6.07, 6.45) is 1.43. The molecule has 2 amide bonds. The summed E-state index contributed by atoms with van der Waals surface area (Å²) in [6, 6.07) is 14.1. The van der Waals surface area contributed by atoms with E-state index < -0.39 is 11.8 Å². The zero-order chi connectivity index (χ0) is 20.7. The molecule has 4 rings (SSSR count). The van der Waals surface area contributed by atoms with E-state index in [1.807, 2.05) is 25.1 Å². The summed E-state index contributed by atoms with van der Waals surface area (Å²) in [5.74, 6) is -1.15. The molecule has 0 spiro atoms. The van der Waals surface area contributed by atoms with Gasteiger partial charge in [0.25, 0.3) is 11.8 Å². The first-order valence-corrected chi connectivity index (χ1v) is 9.74. The van der Waals surface area contributed by atoms with Gasteiger partial charge in [-0.2, -0.15) is 0 Å². The minimum atomic E-state index is -0.592. The van der Waals surface area contributed by atoms with Gasteiger partial charge in [-0.15, -0.1) is 0 Å². The van der Waals surface area contributed by atoms with Crippen molar-refractivity contribution in [2.45, 2.75) is 6.92 Å². The lowest BCUT2D eigenvalue weighted by Gasteiger charge is -2.29. The molecular weight excluding hydrogens is 429 g/mol. The van der Waals surface area contributed by atoms with Gasteiger partial charge < -0.3 is 0 Å². The number of anilines is 1. The van der Waals surface area contributed by atoms with Gasteiger partial charge in [-0.1, -0.05) is 34.8 Å². The second-order valence-electron chi connectivity index (χ2n) is 6.50. The van der Waals surface area contributed by atoms with E-state index in [0.717, 1.165) is 16.5 Å². The number of nitrogens with one attached hydrogen (secondary N) is 1. The predicted molar refractivity (Wildman–Crippen MR) is 119 cm³/mol. The van der Waals surface area contributed by atoms with Gasteiger partial charge in [-0.3, -0.25) is 19.8 Å². The Morgan fingerprint density at radius 1 is 1.07 bits per heavy atom. The van der Waals surface area contributed by atoms with E-state index in [1.54, 1.807) is 30.3 Å². The quantitative estimate of drug-likeness (QED) is 0.271. The van der Waals surface area contributed by atoms with E-state index in [9.17, 15) is 9.59 Å². The van der Waals surface area contributed by atoms with Gasteiger partial charge >= 0.3 is 0 Å². The van der Waals surface area contributed by atoms with E-state index in [2.05, 4.69) is 10.3 Å². The highest BCUT2D eigenvalue weighted by molar-refractivity contribution is 7.80. The molecule has 0 aliphatic carbocycles. The lowest BCUT2D eigenvalue weighted by Crippen LogP contribution is -2.54. The average molecular weight is 442 g/mol. The third-order valence-corrected chi connectivity index (χ3v) is 5.28. The summed E-state index contributed by atoms with van der Waals surface area (Å²) < 4.78 is 0. The fraction of sp³-hybridized carbons (Fsp3) is 0.0476. The van der Waals surface area contributed by atoms with Crippen molar-refractivity contribution in [2.75, 3.05) is 4.90 Å². The van der Waals surface area contributed by atoms with E-state index in [4.69, 9.17) is 35.4 Å². The number of amides is 2.